The normalized spacial score (nSPS) is 11.4. The Balaban J connectivity index is 3.71. The van der Waals surface area contributed by atoms with Crippen molar-refractivity contribution in [3.63, 3.8) is 0 Å². The van der Waals surface area contributed by atoms with Gasteiger partial charge in [-0.3, -0.25) is 14.9 Å². The summed E-state index contributed by atoms with van der Waals surface area (Å²) < 4.78 is 0. The molecule has 0 rings (SSSR count). The third kappa shape index (κ3) is 8.98. The Labute approximate surface area is 110 Å². The van der Waals surface area contributed by atoms with Crippen LogP contribution in [0.2, 0.25) is 0 Å². The van der Waals surface area contributed by atoms with Crippen LogP contribution in [0, 0.1) is 5.92 Å². The van der Waals surface area contributed by atoms with Crippen LogP contribution < -0.4 is 16.0 Å². The van der Waals surface area contributed by atoms with Gasteiger partial charge in [-0.15, -0.1) is 0 Å². The molecular weight excluding hydrogens is 230 g/mol. The van der Waals surface area contributed by atoms with Crippen molar-refractivity contribution in [2.45, 2.75) is 46.6 Å². The predicted octanol–water partition coefficient (Wildman–Crippen LogP) is 0.653. The first-order valence-corrected chi connectivity index (χ1v) is 6.55. The number of hydrogen-bond donors (Lipinski definition) is 3. The third-order valence-electron chi connectivity index (χ3n) is 2.64. The van der Waals surface area contributed by atoms with E-state index in [-0.39, 0.29) is 30.4 Å². The minimum Gasteiger partial charge on any atom is -0.355 e. The van der Waals surface area contributed by atoms with Crippen molar-refractivity contribution in [3.05, 3.63) is 0 Å². The SMILES string of the molecule is CCC(C)(C)NC(=O)CNCC(=O)NCC(C)C. The number of hydrogen-bond acceptors (Lipinski definition) is 3. The van der Waals surface area contributed by atoms with Gasteiger partial charge in [-0.1, -0.05) is 20.8 Å². The third-order valence-corrected chi connectivity index (χ3v) is 2.64. The first-order valence-electron chi connectivity index (χ1n) is 6.55. The van der Waals surface area contributed by atoms with Gasteiger partial charge in [-0.05, 0) is 26.2 Å². The highest BCUT2D eigenvalue weighted by molar-refractivity contribution is 5.81. The highest BCUT2D eigenvalue weighted by Gasteiger charge is 2.17. The van der Waals surface area contributed by atoms with Crippen LogP contribution in [0.3, 0.4) is 0 Å². The Hall–Kier alpha value is -1.10. The number of carbonyl (C=O) groups is 2. The Morgan fingerprint density at radius 2 is 1.67 bits per heavy atom. The molecule has 0 aromatic rings. The van der Waals surface area contributed by atoms with Crippen LogP contribution in [0.15, 0.2) is 0 Å². The molecule has 0 saturated carbocycles. The summed E-state index contributed by atoms with van der Waals surface area (Å²) >= 11 is 0. The molecule has 0 aromatic heterocycles. The van der Waals surface area contributed by atoms with E-state index in [2.05, 4.69) is 16.0 Å². The minimum atomic E-state index is -0.196. The van der Waals surface area contributed by atoms with Gasteiger partial charge in [0.25, 0.3) is 0 Å². The standard InChI is InChI=1S/C13H27N3O2/c1-6-13(4,5)16-12(18)9-14-8-11(17)15-7-10(2)3/h10,14H,6-9H2,1-5H3,(H,15,17)(H,16,18). The van der Waals surface area contributed by atoms with E-state index in [4.69, 9.17) is 0 Å². The second kappa shape index (κ2) is 8.08. The van der Waals surface area contributed by atoms with Crippen molar-refractivity contribution in [2.75, 3.05) is 19.6 Å². The van der Waals surface area contributed by atoms with Gasteiger partial charge in [0, 0.05) is 12.1 Å². The van der Waals surface area contributed by atoms with E-state index in [0.29, 0.717) is 12.5 Å². The summed E-state index contributed by atoms with van der Waals surface area (Å²) in [6.07, 6.45) is 0.869. The van der Waals surface area contributed by atoms with Crippen molar-refractivity contribution in [1.29, 1.82) is 0 Å². The summed E-state index contributed by atoms with van der Waals surface area (Å²) in [5, 5.41) is 8.51. The lowest BCUT2D eigenvalue weighted by Gasteiger charge is -2.24. The molecule has 0 atom stereocenters. The van der Waals surface area contributed by atoms with Crippen LogP contribution in [0.4, 0.5) is 0 Å². The van der Waals surface area contributed by atoms with Crippen molar-refractivity contribution in [1.82, 2.24) is 16.0 Å². The van der Waals surface area contributed by atoms with Gasteiger partial charge in [0.1, 0.15) is 0 Å². The molecule has 0 saturated heterocycles. The second-order valence-electron chi connectivity index (χ2n) is 5.59. The Morgan fingerprint density at radius 3 is 2.17 bits per heavy atom. The molecule has 18 heavy (non-hydrogen) atoms. The van der Waals surface area contributed by atoms with Crippen molar-refractivity contribution < 1.29 is 9.59 Å². The van der Waals surface area contributed by atoms with Gasteiger partial charge in [0.05, 0.1) is 13.1 Å². The summed E-state index contributed by atoms with van der Waals surface area (Å²) in [7, 11) is 0. The zero-order valence-corrected chi connectivity index (χ0v) is 12.2. The zero-order valence-electron chi connectivity index (χ0n) is 12.2. The second-order valence-corrected chi connectivity index (χ2v) is 5.59. The minimum absolute atomic E-state index is 0.0775. The van der Waals surface area contributed by atoms with E-state index in [1.807, 2.05) is 34.6 Å². The quantitative estimate of drug-likeness (QED) is 0.598. The summed E-state index contributed by atoms with van der Waals surface area (Å²) in [4.78, 5) is 22.9. The zero-order chi connectivity index (χ0) is 14.2. The molecule has 0 radical (unpaired) electrons. The molecule has 0 aliphatic heterocycles. The fourth-order valence-electron chi connectivity index (χ4n) is 1.18. The fourth-order valence-corrected chi connectivity index (χ4v) is 1.18. The van der Waals surface area contributed by atoms with E-state index < -0.39 is 0 Å². The molecule has 0 unspecified atom stereocenters. The van der Waals surface area contributed by atoms with E-state index in [9.17, 15) is 9.59 Å². The van der Waals surface area contributed by atoms with Crippen LogP contribution in [0.25, 0.3) is 0 Å². The highest BCUT2D eigenvalue weighted by Crippen LogP contribution is 2.05. The van der Waals surface area contributed by atoms with E-state index in [1.165, 1.54) is 0 Å². The number of rotatable bonds is 8. The maximum atomic E-state index is 11.6. The highest BCUT2D eigenvalue weighted by atomic mass is 16.2. The van der Waals surface area contributed by atoms with Crippen LogP contribution in [0.1, 0.15) is 41.0 Å². The molecule has 0 bridgehead atoms. The summed E-state index contributed by atoms with van der Waals surface area (Å²) in [5.74, 6) is 0.271. The molecular formula is C13H27N3O2. The van der Waals surface area contributed by atoms with Crippen LogP contribution in [-0.4, -0.2) is 37.0 Å². The monoisotopic (exact) mass is 257 g/mol. The Morgan fingerprint density at radius 1 is 1.11 bits per heavy atom. The molecule has 0 spiro atoms. The van der Waals surface area contributed by atoms with Crippen molar-refractivity contribution in [3.8, 4) is 0 Å². The molecule has 3 N–H and O–H groups in total. The number of nitrogens with one attached hydrogen (secondary N) is 3. The van der Waals surface area contributed by atoms with E-state index >= 15 is 0 Å². The van der Waals surface area contributed by atoms with E-state index in [0.717, 1.165) is 6.42 Å². The maximum absolute atomic E-state index is 11.6. The van der Waals surface area contributed by atoms with Gasteiger partial charge in [-0.25, -0.2) is 0 Å². The summed E-state index contributed by atoms with van der Waals surface area (Å²) in [6.45, 7) is 11.0. The average Bonchev–Trinajstić information content (AvgIpc) is 2.25. The van der Waals surface area contributed by atoms with Gasteiger partial charge in [-0.2, -0.15) is 0 Å². The van der Waals surface area contributed by atoms with Gasteiger partial charge < -0.3 is 10.6 Å². The topological polar surface area (TPSA) is 70.2 Å². The molecule has 0 aliphatic rings. The largest absolute Gasteiger partial charge is 0.355 e. The molecule has 5 nitrogen and oxygen atoms in total. The molecule has 2 amide bonds. The van der Waals surface area contributed by atoms with Crippen LogP contribution in [-0.2, 0) is 9.59 Å². The van der Waals surface area contributed by atoms with Crippen LogP contribution >= 0.6 is 0 Å². The molecule has 0 fully saturated rings. The van der Waals surface area contributed by atoms with Crippen molar-refractivity contribution >= 4 is 11.8 Å². The predicted molar refractivity (Wildman–Crippen MR) is 73.2 cm³/mol. The lowest BCUT2D eigenvalue weighted by Crippen LogP contribution is -2.47. The Kier molecular flexibility index (Phi) is 7.59. The molecule has 0 aliphatic carbocycles. The molecule has 106 valence electrons. The van der Waals surface area contributed by atoms with Crippen LogP contribution in [0.5, 0.6) is 0 Å². The number of amides is 2. The van der Waals surface area contributed by atoms with Crippen molar-refractivity contribution in [2.24, 2.45) is 5.92 Å². The maximum Gasteiger partial charge on any atom is 0.234 e. The first kappa shape index (κ1) is 16.9. The molecule has 5 heteroatoms. The lowest BCUT2D eigenvalue weighted by atomic mass is 10.0. The fraction of sp³-hybridized carbons (Fsp3) is 0.846. The summed E-state index contributed by atoms with van der Waals surface area (Å²) in [5.41, 5.74) is -0.196. The Bertz CT molecular complexity index is 275. The molecule has 0 aromatic carbocycles. The van der Waals surface area contributed by atoms with Gasteiger partial charge in [0.2, 0.25) is 11.8 Å². The van der Waals surface area contributed by atoms with E-state index in [1.54, 1.807) is 0 Å². The van der Waals surface area contributed by atoms with Gasteiger partial charge in [0.15, 0.2) is 0 Å². The first-order chi connectivity index (χ1) is 8.26. The molecule has 0 heterocycles. The van der Waals surface area contributed by atoms with Gasteiger partial charge >= 0.3 is 0 Å². The smallest absolute Gasteiger partial charge is 0.234 e. The lowest BCUT2D eigenvalue weighted by molar-refractivity contribution is -0.122. The summed E-state index contributed by atoms with van der Waals surface area (Å²) in [6, 6.07) is 0. The average molecular weight is 257 g/mol. The number of carbonyl (C=O) groups excluding carboxylic acids is 2.